The van der Waals surface area contributed by atoms with Gasteiger partial charge in [-0.15, -0.1) is 11.3 Å². The maximum Gasteiger partial charge on any atom is 0.248 e. The highest BCUT2D eigenvalue weighted by Gasteiger charge is 2.31. The Morgan fingerprint density at radius 1 is 1.21 bits per heavy atom. The van der Waals surface area contributed by atoms with Crippen LogP contribution in [-0.2, 0) is 20.7 Å². The number of methoxy groups -OCH3 is 1. The Bertz CT molecular complexity index is 774. The number of ether oxygens (including phenoxy) is 1. The van der Waals surface area contributed by atoms with Crippen molar-refractivity contribution in [3.63, 3.8) is 0 Å². The van der Waals surface area contributed by atoms with Crippen molar-refractivity contribution in [1.82, 2.24) is 9.80 Å². The molecule has 1 fully saturated rings. The summed E-state index contributed by atoms with van der Waals surface area (Å²) in [7, 11) is 1.52. The van der Waals surface area contributed by atoms with Gasteiger partial charge in [-0.1, -0.05) is 37.3 Å². The van der Waals surface area contributed by atoms with Gasteiger partial charge in [0.2, 0.25) is 11.8 Å². The number of benzene rings is 1. The lowest BCUT2D eigenvalue weighted by Gasteiger charge is -2.24. The standard InChI is InChI=1S/C22H28N2O3S/c1-3-10-23-11-12-24(21(25)16-27-2)15-19(22(23)26)14-17-6-8-18(9-7-17)20-5-4-13-28-20/h4-9,13,19H,3,10-12,14-16H2,1-2H3/t19-/m0/s1. The molecule has 0 bridgehead atoms. The number of thiophene rings is 1. The molecule has 2 heterocycles. The lowest BCUT2D eigenvalue weighted by Crippen LogP contribution is -2.39. The van der Waals surface area contributed by atoms with Crippen LogP contribution in [0.3, 0.4) is 0 Å². The summed E-state index contributed by atoms with van der Waals surface area (Å²) >= 11 is 1.72. The quantitative estimate of drug-likeness (QED) is 0.717. The molecule has 6 heteroatoms. The van der Waals surface area contributed by atoms with Crippen LogP contribution in [-0.4, -0.2) is 61.5 Å². The third kappa shape index (κ3) is 5.00. The van der Waals surface area contributed by atoms with Crippen LogP contribution < -0.4 is 0 Å². The number of hydrogen-bond acceptors (Lipinski definition) is 4. The Morgan fingerprint density at radius 3 is 2.64 bits per heavy atom. The first kappa shape index (κ1) is 20.6. The highest BCUT2D eigenvalue weighted by atomic mass is 32.1. The Labute approximate surface area is 170 Å². The van der Waals surface area contributed by atoms with E-state index in [9.17, 15) is 9.59 Å². The zero-order valence-corrected chi connectivity index (χ0v) is 17.4. The molecule has 1 saturated heterocycles. The zero-order chi connectivity index (χ0) is 19.9. The predicted octanol–water partition coefficient (Wildman–Crippen LogP) is 3.30. The Kier molecular flexibility index (Phi) is 7.23. The van der Waals surface area contributed by atoms with Gasteiger partial charge in [0.15, 0.2) is 0 Å². The summed E-state index contributed by atoms with van der Waals surface area (Å²) in [6.07, 6.45) is 1.56. The second-order valence-corrected chi connectivity index (χ2v) is 8.12. The van der Waals surface area contributed by atoms with Gasteiger partial charge in [-0.2, -0.15) is 0 Å². The number of carbonyl (C=O) groups excluding carboxylic acids is 2. The van der Waals surface area contributed by atoms with Crippen LogP contribution in [0.5, 0.6) is 0 Å². The molecule has 0 N–H and O–H groups in total. The Hall–Kier alpha value is -2.18. The largest absolute Gasteiger partial charge is 0.375 e. The average Bonchev–Trinajstić information content (AvgIpc) is 3.19. The summed E-state index contributed by atoms with van der Waals surface area (Å²) in [5, 5.41) is 2.07. The Morgan fingerprint density at radius 2 is 2.00 bits per heavy atom. The normalized spacial score (nSPS) is 17.6. The van der Waals surface area contributed by atoms with Gasteiger partial charge in [0, 0.05) is 38.2 Å². The molecule has 2 aromatic rings. The predicted molar refractivity (Wildman–Crippen MR) is 112 cm³/mol. The first-order valence-corrected chi connectivity index (χ1v) is 10.7. The van der Waals surface area contributed by atoms with E-state index in [1.165, 1.54) is 17.6 Å². The SMILES string of the molecule is CCCN1CCN(C(=O)COC)C[C@H](Cc2ccc(-c3cccs3)cc2)C1=O. The monoisotopic (exact) mass is 400 g/mol. The molecule has 2 amide bonds. The van der Waals surface area contributed by atoms with Crippen molar-refractivity contribution in [3.05, 3.63) is 47.3 Å². The van der Waals surface area contributed by atoms with E-state index in [1.54, 1.807) is 16.2 Å². The molecule has 0 radical (unpaired) electrons. The van der Waals surface area contributed by atoms with E-state index in [2.05, 4.69) is 42.6 Å². The topological polar surface area (TPSA) is 49.9 Å². The van der Waals surface area contributed by atoms with Crippen LogP contribution in [0.4, 0.5) is 0 Å². The molecular formula is C22H28N2O3S. The number of hydrogen-bond donors (Lipinski definition) is 0. The van der Waals surface area contributed by atoms with Crippen molar-refractivity contribution in [3.8, 4) is 10.4 Å². The van der Waals surface area contributed by atoms with E-state index < -0.39 is 0 Å². The Balaban J connectivity index is 1.75. The van der Waals surface area contributed by atoms with Crippen molar-refractivity contribution in [2.75, 3.05) is 39.9 Å². The maximum atomic E-state index is 13.1. The van der Waals surface area contributed by atoms with Crippen LogP contribution in [0.2, 0.25) is 0 Å². The number of rotatable bonds is 7. The maximum absolute atomic E-state index is 13.1. The van der Waals surface area contributed by atoms with Crippen molar-refractivity contribution in [2.45, 2.75) is 19.8 Å². The third-order valence-corrected chi connectivity index (χ3v) is 6.02. The number of nitrogens with zero attached hydrogens (tertiary/aromatic N) is 2. The fourth-order valence-electron chi connectivity index (χ4n) is 3.66. The molecule has 0 aliphatic carbocycles. The van der Waals surface area contributed by atoms with Gasteiger partial charge in [0.1, 0.15) is 6.61 Å². The number of carbonyl (C=O) groups is 2. The van der Waals surface area contributed by atoms with Gasteiger partial charge in [-0.25, -0.2) is 0 Å². The molecule has 1 aliphatic heterocycles. The van der Waals surface area contributed by atoms with Crippen LogP contribution in [0.15, 0.2) is 41.8 Å². The van der Waals surface area contributed by atoms with Crippen molar-refractivity contribution < 1.29 is 14.3 Å². The van der Waals surface area contributed by atoms with Crippen molar-refractivity contribution in [1.29, 1.82) is 0 Å². The van der Waals surface area contributed by atoms with Crippen LogP contribution in [0, 0.1) is 5.92 Å². The van der Waals surface area contributed by atoms with Gasteiger partial charge >= 0.3 is 0 Å². The van der Waals surface area contributed by atoms with E-state index >= 15 is 0 Å². The molecule has 1 aromatic carbocycles. The molecule has 1 aliphatic rings. The first-order chi connectivity index (χ1) is 13.6. The lowest BCUT2D eigenvalue weighted by molar-refractivity contribution is -0.136. The van der Waals surface area contributed by atoms with Gasteiger partial charge in [0.05, 0.1) is 5.92 Å². The summed E-state index contributed by atoms with van der Waals surface area (Å²) in [4.78, 5) is 30.4. The minimum atomic E-state index is -0.220. The van der Waals surface area contributed by atoms with Gasteiger partial charge in [-0.3, -0.25) is 9.59 Å². The van der Waals surface area contributed by atoms with Crippen molar-refractivity contribution in [2.24, 2.45) is 5.92 Å². The molecule has 0 saturated carbocycles. The molecule has 1 atom stereocenters. The summed E-state index contributed by atoms with van der Waals surface area (Å²) in [5.41, 5.74) is 2.31. The van der Waals surface area contributed by atoms with Crippen LogP contribution in [0.25, 0.3) is 10.4 Å². The summed E-state index contributed by atoms with van der Waals surface area (Å²) in [6, 6.07) is 12.6. The van der Waals surface area contributed by atoms with E-state index in [0.717, 1.165) is 18.5 Å². The molecule has 0 unspecified atom stereocenters. The summed E-state index contributed by atoms with van der Waals surface area (Å²) in [5.74, 6) is -0.119. The summed E-state index contributed by atoms with van der Waals surface area (Å²) < 4.78 is 5.01. The minimum Gasteiger partial charge on any atom is -0.375 e. The van der Waals surface area contributed by atoms with Crippen LogP contribution in [0.1, 0.15) is 18.9 Å². The number of amides is 2. The molecule has 3 rings (SSSR count). The molecule has 1 aromatic heterocycles. The van der Waals surface area contributed by atoms with E-state index in [0.29, 0.717) is 26.1 Å². The van der Waals surface area contributed by atoms with E-state index in [-0.39, 0.29) is 24.3 Å². The molecule has 28 heavy (non-hydrogen) atoms. The summed E-state index contributed by atoms with van der Waals surface area (Å²) in [6.45, 7) is 4.49. The van der Waals surface area contributed by atoms with Crippen LogP contribution >= 0.6 is 11.3 Å². The second kappa shape index (κ2) is 9.85. The smallest absolute Gasteiger partial charge is 0.248 e. The minimum absolute atomic E-state index is 0.0494. The first-order valence-electron chi connectivity index (χ1n) is 9.80. The van der Waals surface area contributed by atoms with E-state index in [1.807, 2.05) is 11.0 Å². The lowest BCUT2D eigenvalue weighted by atomic mass is 9.96. The zero-order valence-electron chi connectivity index (χ0n) is 16.6. The third-order valence-electron chi connectivity index (χ3n) is 5.10. The fraction of sp³-hybridized carbons (Fsp3) is 0.455. The average molecular weight is 401 g/mol. The highest BCUT2D eigenvalue weighted by molar-refractivity contribution is 7.13. The molecule has 0 spiro atoms. The molecule has 5 nitrogen and oxygen atoms in total. The van der Waals surface area contributed by atoms with Gasteiger partial charge in [-0.05, 0) is 35.4 Å². The van der Waals surface area contributed by atoms with E-state index in [4.69, 9.17) is 4.74 Å². The van der Waals surface area contributed by atoms with Crippen molar-refractivity contribution >= 4 is 23.2 Å². The second-order valence-electron chi connectivity index (χ2n) is 7.17. The highest BCUT2D eigenvalue weighted by Crippen LogP contribution is 2.26. The molecule has 150 valence electrons. The van der Waals surface area contributed by atoms with Gasteiger partial charge < -0.3 is 14.5 Å². The molecular weight excluding hydrogens is 372 g/mol. The fourth-order valence-corrected chi connectivity index (χ4v) is 4.40. The van der Waals surface area contributed by atoms with Gasteiger partial charge in [0.25, 0.3) is 0 Å².